The molecule has 1 aromatic rings. The molecule has 1 aromatic carbocycles. The smallest absolute Gasteiger partial charge is 0.0349 e. The van der Waals surface area contributed by atoms with E-state index in [9.17, 15) is 0 Å². The third kappa shape index (κ3) is 3.82. The fourth-order valence-electron chi connectivity index (χ4n) is 2.90. The van der Waals surface area contributed by atoms with Crippen LogP contribution < -0.4 is 5.32 Å². The molecule has 1 atom stereocenters. The molecule has 0 bridgehead atoms. The van der Waals surface area contributed by atoms with Crippen LogP contribution in [0.25, 0.3) is 0 Å². The molecule has 0 saturated heterocycles. The van der Waals surface area contributed by atoms with Gasteiger partial charge in [-0.3, -0.25) is 0 Å². The van der Waals surface area contributed by atoms with Gasteiger partial charge in [0.05, 0.1) is 0 Å². The van der Waals surface area contributed by atoms with E-state index in [1.54, 1.807) is 0 Å². The highest BCUT2D eigenvalue weighted by molar-refractivity contribution is 9.11. The average molecular weight is 375 g/mol. The average Bonchev–Trinajstić information content (AvgIpc) is 2.82. The van der Waals surface area contributed by atoms with E-state index in [0.717, 1.165) is 21.4 Å². The van der Waals surface area contributed by atoms with Crippen LogP contribution in [0.3, 0.4) is 0 Å². The predicted octanol–water partition coefficient (Wildman–Crippen LogP) is 5.44. The third-order valence-electron chi connectivity index (χ3n) is 3.73. The second kappa shape index (κ2) is 7.06. The summed E-state index contributed by atoms with van der Waals surface area (Å²) in [5.74, 6) is 0.803. The van der Waals surface area contributed by atoms with Crippen LogP contribution in [-0.4, -0.2) is 6.54 Å². The zero-order chi connectivity index (χ0) is 13.0. The highest BCUT2D eigenvalue weighted by atomic mass is 79.9. The van der Waals surface area contributed by atoms with Crippen molar-refractivity contribution in [2.45, 2.75) is 45.1 Å². The van der Waals surface area contributed by atoms with Crippen molar-refractivity contribution in [2.75, 3.05) is 6.54 Å². The maximum absolute atomic E-state index is 3.74. The Balaban J connectivity index is 2.20. The molecule has 18 heavy (non-hydrogen) atoms. The minimum Gasteiger partial charge on any atom is -0.310 e. The van der Waals surface area contributed by atoms with Gasteiger partial charge in [-0.1, -0.05) is 51.6 Å². The third-order valence-corrected chi connectivity index (χ3v) is 4.65. The van der Waals surface area contributed by atoms with Crippen molar-refractivity contribution in [3.63, 3.8) is 0 Å². The topological polar surface area (TPSA) is 12.0 Å². The van der Waals surface area contributed by atoms with Gasteiger partial charge >= 0.3 is 0 Å². The van der Waals surface area contributed by atoms with Gasteiger partial charge in [0, 0.05) is 15.0 Å². The molecule has 1 fully saturated rings. The van der Waals surface area contributed by atoms with Gasteiger partial charge in [0.25, 0.3) is 0 Å². The lowest BCUT2D eigenvalue weighted by Crippen LogP contribution is -2.27. The molecule has 1 nitrogen and oxygen atoms in total. The lowest BCUT2D eigenvalue weighted by atomic mass is 9.91. The summed E-state index contributed by atoms with van der Waals surface area (Å²) in [5.41, 5.74) is 1.41. The van der Waals surface area contributed by atoms with Gasteiger partial charge in [0.15, 0.2) is 0 Å². The fourth-order valence-corrected chi connectivity index (χ4v) is 4.23. The Labute approximate surface area is 127 Å². The molecule has 0 amide bonds. The Morgan fingerprint density at radius 2 is 1.78 bits per heavy atom. The van der Waals surface area contributed by atoms with Crippen molar-refractivity contribution in [1.29, 1.82) is 0 Å². The monoisotopic (exact) mass is 373 g/mol. The normalized spacial score (nSPS) is 18.2. The number of halogens is 2. The summed E-state index contributed by atoms with van der Waals surface area (Å²) in [5, 5.41) is 3.74. The molecule has 0 radical (unpaired) electrons. The molecular weight excluding hydrogens is 354 g/mol. The first kappa shape index (κ1) is 14.5. The van der Waals surface area contributed by atoms with Crippen molar-refractivity contribution >= 4 is 31.9 Å². The van der Waals surface area contributed by atoms with E-state index in [2.05, 4.69) is 62.3 Å². The minimum absolute atomic E-state index is 0.515. The summed E-state index contributed by atoms with van der Waals surface area (Å²) in [6, 6.07) is 7.14. The van der Waals surface area contributed by atoms with E-state index in [1.807, 2.05) is 0 Å². The molecule has 1 saturated carbocycles. The maximum Gasteiger partial charge on any atom is 0.0349 e. The van der Waals surface area contributed by atoms with Gasteiger partial charge < -0.3 is 5.32 Å². The highest BCUT2D eigenvalue weighted by Crippen LogP contribution is 2.37. The van der Waals surface area contributed by atoms with Gasteiger partial charge in [-0.2, -0.15) is 0 Å². The number of hydrogen-bond donors (Lipinski definition) is 1. The minimum atomic E-state index is 0.515. The van der Waals surface area contributed by atoms with Crippen molar-refractivity contribution in [3.8, 4) is 0 Å². The summed E-state index contributed by atoms with van der Waals surface area (Å²) >= 11 is 7.20. The number of nitrogens with one attached hydrogen (secondary N) is 1. The van der Waals surface area contributed by atoms with Crippen LogP contribution in [-0.2, 0) is 0 Å². The molecule has 2 rings (SSSR count). The molecule has 0 aliphatic heterocycles. The first-order valence-corrected chi connectivity index (χ1v) is 8.48. The lowest BCUT2D eigenvalue weighted by Gasteiger charge is -2.25. The van der Waals surface area contributed by atoms with Crippen molar-refractivity contribution in [2.24, 2.45) is 5.92 Å². The number of rotatable bonds is 5. The molecule has 1 aliphatic rings. The summed E-state index contributed by atoms with van der Waals surface area (Å²) in [4.78, 5) is 0. The van der Waals surface area contributed by atoms with E-state index in [4.69, 9.17) is 0 Å². The van der Waals surface area contributed by atoms with Crippen molar-refractivity contribution < 1.29 is 0 Å². The van der Waals surface area contributed by atoms with Crippen LogP contribution in [0, 0.1) is 5.92 Å². The van der Waals surface area contributed by atoms with Crippen molar-refractivity contribution in [3.05, 3.63) is 32.7 Å². The summed E-state index contributed by atoms with van der Waals surface area (Å²) < 4.78 is 2.32. The molecular formula is C15H21Br2N. The largest absolute Gasteiger partial charge is 0.310 e. The lowest BCUT2D eigenvalue weighted by molar-refractivity contribution is 0.368. The van der Waals surface area contributed by atoms with Gasteiger partial charge in [-0.25, -0.2) is 0 Å². The van der Waals surface area contributed by atoms with Crippen LogP contribution in [0.5, 0.6) is 0 Å². The second-order valence-corrected chi connectivity index (χ2v) is 7.01. The predicted molar refractivity (Wildman–Crippen MR) is 84.8 cm³/mol. The maximum atomic E-state index is 3.74. The summed E-state index contributed by atoms with van der Waals surface area (Å²) in [6.45, 7) is 3.33. The molecule has 1 N–H and O–H groups in total. The molecule has 100 valence electrons. The van der Waals surface area contributed by atoms with Crippen LogP contribution in [0.15, 0.2) is 27.1 Å². The number of hydrogen-bond acceptors (Lipinski definition) is 1. The van der Waals surface area contributed by atoms with Crippen molar-refractivity contribution in [1.82, 2.24) is 5.32 Å². The van der Waals surface area contributed by atoms with Crippen LogP contribution in [0.1, 0.15) is 50.6 Å². The molecule has 0 heterocycles. The molecule has 0 spiro atoms. The Bertz CT molecular complexity index is 366. The van der Waals surface area contributed by atoms with Gasteiger partial charge in [0.2, 0.25) is 0 Å². The van der Waals surface area contributed by atoms with E-state index >= 15 is 0 Å². The fraction of sp³-hybridized carbons (Fsp3) is 0.600. The Morgan fingerprint density at radius 3 is 2.33 bits per heavy atom. The first-order chi connectivity index (χ1) is 8.70. The molecule has 3 heteroatoms. The summed E-state index contributed by atoms with van der Waals surface area (Å²) in [7, 11) is 0. The summed E-state index contributed by atoms with van der Waals surface area (Å²) in [6.07, 6.45) is 6.71. The first-order valence-electron chi connectivity index (χ1n) is 6.90. The number of benzene rings is 1. The molecule has 1 unspecified atom stereocenters. The van der Waals surface area contributed by atoms with Gasteiger partial charge in [-0.05, 0) is 55.5 Å². The molecule has 0 aromatic heterocycles. The SMILES string of the molecule is CCCNC(c1cc(Br)cc(Br)c1)C1CCCC1. The van der Waals surface area contributed by atoms with Gasteiger partial charge in [0.1, 0.15) is 0 Å². The van der Waals surface area contributed by atoms with Crippen LogP contribution >= 0.6 is 31.9 Å². The van der Waals surface area contributed by atoms with E-state index in [1.165, 1.54) is 37.7 Å². The molecule has 1 aliphatic carbocycles. The van der Waals surface area contributed by atoms with Gasteiger partial charge in [-0.15, -0.1) is 0 Å². The zero-order valence-electron chi connectivity index (χ0n) is 10.9. The van der Waals surface area contributed by atoms with E-state index in [0.29, 0.717) is 6.04 Å². The van der Waals surface area contributed by atoms with Crippen LogP contribution in [0.4, 0.5) is 0 Å². The Kier molecular flexibility index (Phi) is 5.71. The standard InChI is InChI=1S/C15H21Br2N/c1-2-7-18-15(11-5-3-4-6-11)12-8-13(16)10-14(17)9-12/h8-11,15,18H,2-7H2,1H3. The van der Waals surface area contributed by atoms with E-state index < -0.39 is 0 Å². The quantitative estimate of drug-likeness (QED) is 0.723. The zero-order valence-corrected chi connectivity index (χ0v) is 14.1. The Hall–Kier alpha value is 0.140. The van der Waals surface area contributed by atoms with E-state index in [-0.39, 0.29) is 0 Å². The second-order valence-electron chi connectivity index (χ2n) is 5.18. The van der Waals surface area contributed by atoms with Crippen LogP contribution in [0.2, 0.25) is 0 Å². The Morgan fingerprint density at radius 1 is 1.17 bits per heavy atom. The highest BCUT2D eigenvalue weighted by Gasteiger charge is 2.26.